The van der Waals surface area contributed by atoms with E-state index in [1.54, 1.807) is 22.7 Å². The van der Waals surface area contributed by atoms with Crippen molar-refractivity contribution < 1.29 is 4.79 Å². The van der Waals surface area contributed by atoms with E-state index in [-0.39, 0.29) is 5.91 Å². The number of anilines is 1. The van der Waals surface area contributed by atoms with E-state index in [4.69, 9.17) is 0 Å². The highest BCUT2D eigenvalue weighted by Crippen LogP contribution is 2.32. The predicted molar refractivity (Wildman–Crippen MR) is 103 cm³/mol. The van der Waals surface area contributed by atoms with Gasteiger partial charge < -0.3 is 5.32 Å². The normalized spacial score (nSPS) is 10.8. The summed E-state index contributed by atoms with van der Waals surface area (Å²) in [4.78, 5) is 19.3. The van der Waals surface area contributed by atoms with Crippen LogP contribution in [0.15, 0.2) is 35.7 Å². The third-order valence-corrected chi connectivity index (χ3v) is 5.55. The molecule has 5 heteroatoms. The summed E-state index contributed by atoms with van der Waals surface area (Å²) in [6.07, 6.45) is 1.18. The molecule has 124 valence electrons. The number of carbonyl (C=O) groups excluding carboxylic acids is 1. The Kier molecular flexibility index (Phi) is 5.11. The van der Waals surface area contributed by atoms with Crippen molar-refractivity contribution in [3.8, 4) is 10.6 Å². The Morgan fingerprint density at radius 2 is 1.92 bits per heavy atom. The van der Waals surface area contributed by atoms with Gasteiger partial charge in [-0.05, 0) is 61.9 Å². The Bertz CT molecular complexity index is 830. The van der Waals surface area contributed by atoms with Gasteiger partial charge in [-0.3, -0.25) is 4.79 Å². The number of aryl methyl sites for hydroxylation is 4. The van der Waals surface area contributed by atoms with Crippen molar-refractivity contribution in [3.63, 3.8) is 0 Å². The number of hydrogen-bond donors (Lipinski definition) is 1. The Hall–Kier alpha value is -1.98. The summed E-state index contributed by atoms with van der Waals surface area (Å²) >= 11 is 3.37. The summed E-state index contributed by atoms with van der Waals surface area (Å²) in [5.74, 6) is 0.0446. The summed E-state index contributed by atoms with van der Waals surface area (Å²) in [7, 11) is 0. The predicted octanol–water partition coefficient (Wildman–Crippen LogP) is 5.37. The van der Waals surface area contributed by atoms with Crippen molar-refractivity contribution >= 4 is 34.3 Å². The summed E-state index contributed by atoms with van der Waals surface area (Å²) in [6.45, 7) is 6.09. The Labute approximate surface area is 150 Å². The van der Waals surface area contributed by atoms with Gasteiger partial charge in [0.1, 0.15) is 0 Å². The molecule has 2 heterocycles. The molecular weight excluding hydrogens is 336 g/mol. The van der Waals surface area contributed by atoms with E-state index in [0.29, 0.717) is 6.42 Å². The van der Waals surface area contributed by atoms with E-state index in [1.165, 1.54) is 9.75 Å². The molecule has 0 unspecified atom stereocenters. The van der Waals surface area contributed by atoms with Gasteiger partial charge in [0.2, 0.25) is 5.91 Å². The van der Waals surface area contributed by atoms with Crippen LogP contribution in [0.3, 0.4) is 0 Å². The van der Waals surface area contributed by atoms with Gasteiger partial charge in [0.25, 0.3) is 0 Å². The van der Waals surface area contributed by atoms with Crippen LogP contribution in [0.25, 0.3) is 10.6 Å². The molecule has 1 amide bonds. The molecule has 24 heavy (non-hydrogen) atoms. The molecule has 1 N–H and O–H groups in total. The molecule has 0 aliphatic rings. The second kappa shape index (κ2) is 7.28. The van der Waals surface area contributed by atoms with Crippen molar-refractivity contribution in [1.82, 2.24) is 4.98 Å². The lowest BCUT2D eigenvalue weighted by Crippen LogP contribution is -2.12. The fourth-order valence-electron chi connectivity index (χ4n) is 2.74. The SMILES string of the molecule is Cc1cc(C)cc(NC(=O)CCc2sc(C)nc2-c2cccs2)c1. The van der Waals surface area contributed by atoms with Gasteiger partial charge in [0.05, 0.1) is 15.6 Å². The monoisotopic (exact) mass is 356 g/mol. The zero-order chi connectivity index (χ0) is 17.1. The van der Waals surface area contributed by atoms with E-state index >= 15 is 0 Å². The van der Waals surface area contributed by atoms with Gasteiger partial charge in [-0.1, -0.05) is 12.1 Å². The van der Waals surface area contributed by atoms with Crippen LogP contribution < -0.4 is 5.32 Å². The third kappa shape index (κ3) is 4.10. The Balaban J connectivity index is 1.67. The first-order chi connectivity index (χ1) is 11.5. The quantitative estimate of drug-likeness (QED) is 0.668. The molecule has 0 aliphatic heterocycles. The maximum atomic E-state index is 12.3. The van der Waals surface area contributed by atoms with E-state index < -0.39 is 0 Å². The highest BCUT2D eigenvalue weighted by atomic mass is 32.1. The van der Waals surface area contributed by atoms with Crippen LogP contribution >= 0.6 is 22.7 Å². The van der Waals surface area contributed by atoms with Crippen LogP contribution in [0.2, 0.25) is 0 Å². The third-order valence-electron chi connectivity index (χ3n) is 3.64. The summed E-state index contributed by atoms with van der Waals surface area (Å²) in [5.41, 5.74) is 4.22. The lowest BCUT2D eigenvalue weighted by molar-refractivity contribution is -0.116. The van der Waals surface area contributed by atoms with E-state index in [1.807, 2.05) is 39.0 Å². The van der Waals surface area contributed by atoms with Crippen LogP contribution in [0.4, 0.5) is 5.69 Å². The molecule has 3 nitrogen and oxygen atoms in total. The van der Waals surface area contributed by atoms with Gasteiger partial charge in [0.15, 0.2) is 0 Å². The average Bonchev–Trinajstić information content (AvgIpc) is 3.13. The Morgan fingerprint density at radius 3 is 2.58 bits per heavy atom. The maximum Gasteiger partial charge on any atom is 0.224 e. The molecule has 0 atom stereocenters. The zero-order valence-electron chi connectivity index (χ0n) is 14.1. The van der Waals surface area contributed by atoms with Crippen molar-refractivity contribution in [1.29, 1.82) is 0 Å². The first kappa shape index (κ1) is 16.9. The topological polar surface area (TPSA) is 42.0 Å². The van der Waals surface area contributed by atoms with Crippen molar-refractivity contribution in [2.45, 2.75) is 33.6 Å². The molecule has 0 aliphatic carbocycles. The first-order valence-electron chi connectivity index (χ1n) is 7.89. The second-order valence-corrected chi connectivity index (χ2v) is 8.14. The summed E-state index contributed by atoms with van der Waals surface area (Å²) < 4.78 is 0. The number of carbonyl (C=O) groups is 1. The van der Waals surface area contributed by atoms with E-state index in [0.717, 1.165) is 33.9 Å². The number of hydrogen-bond acceptors (Lipinski definition) is 4. The van der Waals surface area contributed by atoms with Crippen LogP contribution in [-0.4, -0.2) is 10.9 Å². The van der Waals surface area contributed by atoms with Crippen molar-refractivity contribution in [3.05, 3.63) is 56.7 Å². The van der Waals surface area contributed by atoms with Gasteiger partial charge >= 0.3 is 0 Å². The molecule has 2 aromatic heterocycles. The van der Waals surface area contributed by atoms with Crippen LogP contribution in [0.5, 0.6) is 0 Å². The average molecular weight is 357 g/mol. The number of aromatic nitrogens is 1. The number of thiophene rings is 1. The number of nitrogens with one attached hydrogen (secondary N) is 1. The highest BCUT2D eigenvalue weighted by molar-refractivity contribution is 7.15. The number of amides is 1. The molecule has 0 saturated heterocycles. The second-order valence-electron chi connectivity index (χ2n) is 5.91. The standard InChI is InChI=1S/C19H20N2OS2/c1-12-9-13(2)11-15(10-12)21-18(22)7-6-17-19(20-14(3)24-17)16-5-4-8-23-16/h4-5,8-11H,6-7H2,1-3H3,(H,21,22). The minimum atomic E-state index is 0.0446. The molecule has 0 saturated carbocycles. The van der Waals surface area contributed by atoms with Gasteiger partial charge in [-0.15, -0.1) is 22.7 Å². The van der Waals surface area contributed by atoms with Crippen LogP contribution in [0.1, 0.15) is 27.4 Å². The summed E-state index contributed by atoms with van der Waals surface area (Å²) in [6, 6.07) is 10.2. The number of rotatable bonds is 5. The molecule has 1 aromatic carbocycles. The minimum Gasteiger partial charge on any atom is -0.326 e. The summed E-state index contributed by atoms with van der Waals surface area (Å²) in [5, 5.41) is 6.10. The molecule has 3 rings (SSSR count). The lowest BCUT2D eigenvalue weighted by atomic mass is 10.1. The molecular formula is C19H20N2OS2. The zero-order valence-corrected chi connectivity index (χ0v) is 15.7. The molecule has 0 bridgehead atoms. The van der Waals surface area contributed by atoms with Gasteiger partial charge in [-0.2, -0.15) is 0 Å². The highest BCUT2D eigenvalue weighted by Gasteiger charge is 2.14. The van der Waals surface area contributed by atoms with Gasteiger partial charge in [-0.25, -0.2) is 4.98 Å². The molecule has 3 aromatic rings. The molecule has 0 radical (unpaired) electrons. The fourth-order valence-corrected chi connectivity index (χ4v) is 4.50. The smallest absolute Gasteiger partial charge is 0.224 e. The van der Waals surface area contributed by atoms with Crippen molar-refractivity contribution in [2.75, 3.05) is 5.32 Å². The Morgan fingerprint density at radius 1 is 1.17 bits per heavy atom. The minimum absolute atomic E-state index is 0.0446. The van der Waals surface area contributed by atoms with Crippen LogP contribution in [0, 0.1) is 20.8 Å². The number of thiazole rings is 1. The largest absolute Gasteiger partial charge is 0.326 e. The van der Waals surface area contributed by atoms with E-state index in [2.05, 4.69) is 27.8 Å². The lowest BCUT2D eigenvalue weighted by Gasteiger charge is -2.07. The number of nitrogens with zero attached hydrogens (tertiary/aromatic N) is 1. The maximum absolute atomic E-state index is 12.3. The van der Waals surface area contributed by atoms with Gasteiger partial charge in [0, 0.05) is 17.0 Å². The molecule has 0 spiro atoms. The van der Waals surface area contributed by atoms with Crippen molar-refractivity contribution in [2.24, 2.45) is 0 Å². The fraction of sp³-hybridized carbons (Fsp3) is 0.263. The van der Waals surface area contributed by atoms with Crippen LogP contribution in [-0.2, 0) is 11.2 Å². The van der Waals surface area contributed by atoms with E-state index in [9.17, 15) is 4.79 Å². The number of benzene rings is 1. The first-order valence-corrected chi connectivity index (χ1v) is 9.59. The molecule has 0 fully saturated rings.